The second kappa shape index (κ2) is 10.9. The van der Waals surface area contributed by atoms with Crippen molar-refractivity contribution in [2.45, 2.75) is 16.4 Å². The summed E-state index contributed by atoms with van der Waals surface area (Å²) in [6.45, 7) is -0.795. The van der Waals surface area contributed by atoms with E-state index in [2.05, 4.69) is 9.71 Å². The van der Waals surface area contributed by atoms with E-state index in [1.807, 2.05) is 0 Å². The highest BCUT2D eigenvalue weighted by Crippen LogP contribution is 2.30. The minimum Gasteiger partial charge on any atom is -0.460 e. The number of thioether (sulfide) groups is 1. The van der Waals surface area contributed by atoms with Gasteiger partial charge in [0.25, 0.3) is 5.69 Å². The molecule has 3 rings (SSSR count). The van der Waals surface area contributed by atoms with Crippen molar-refractivity contribution in [2.75, 3.05) is 12.8 Å². The van der Waals surface area contributed by atoms with Gasteiger partial charge < -0.3 is 9.47 Å². The van der Waals surface area contributed by atoms with Gasteiger partial charge in [0.15, 0.2) is 0 Å². The molecule has 2 aromatic carbocycles. The first kappa shape index (κ1) is 24.2. The first-order valence-electron chi connectivity index (χ1n) is 9.43. The van der Waals surface area contributed by atoms with E-state index in [0.717, 1.165) is 17.8 Å². The third kappa shape index (κ3) is 6.51. The van der Waals surface area contributed by atoms with Crippen molar-refractivity contribution in [3.8, 4) is 11.5 Å². The topological polar surface area (TPSA) is 138 Å². The number of nitrogens with zero attached hydrogens (tertiary/aromatic N) is 2. The van der Waals surface area contributed by atoms with Gasteiger partial charge in [0.1, 0.15) is 24.7 Å². The summed E-state index contributed by atoms with van der Waals surface area (Å²) >= 11 is 1.12. The number of hydrogen-bond donors (Lipinski definition) is 1. The summed E-state index contributed by atoms with van der Waals surface area (Å²) in [7, 11) is -4.16. The van der Waals surface area contributed by atoms with Gasteiger partial charge in [0.2, 0.25) is 10.0 Å². The van der Waals surface area contributed by atoms with Gasteiger partial charge in [-0.05, 0) is 36.6 Å². The molecule has 1 heterocycles. The molecule has 0 bridgehead atoms. The summed E-state index contributed by atoms with van der Waals surface area (Å²) in [5, 5.41) is 11.2. The fraction of sp³-hybridized carbons (Fsp3) is 0.143. The fourth-order valence-electron chi connectivity index (χ4n) is 2.68. The Morgan fingerprint density at radius 1 is 1.18 bits per heavy atom. The lowest BCUT2D eigenvalue weighted by Gasteiger charge is -2.12. The normalized spacial score (nSPS) is 11.1. The van der Waals surface area contributed by atoms with E-state index >= 15 is 0 Å². The van der Waals surface area contributed by atoms with Crippen molar-refractivity contribution < 1.29 is 27.6 Å². The molecular weight excluding hydrogens is 470 g/mol. The maximum Gasteiger partial charge on any atom is 0.321 e. The molecule has 0 atom stereocenters. The average Bonchev–Trinajstić information content (AvgIpc) is 2.82. The maximum atomic E-state index is 12.5. The Bertz CT molecular complexity index is 1250. The van der Waals surface area contributed by atoms with Crippen molar-refractivity contribution in [1.29, 1.82) is 0 Å². The number of carbonyl (C=O) groups excluding carboxylic acids is 1. The highest BCUT2D eigenvalue weighted by Gasteiger charge is 2.22. The Morgan fingerprint density at radius 2 is 1.97 bits per heavy atom. The van der Waals surface area contributed by atoms with Crippen molar-refractivity contribution in [2.24, 2.45) is 0 Å². The largest absolute Gasteiger partial charge is 0.460 e. The van der Waals surface area contributed by atoms with E-state index in [1.165, 1.54) is 18.3 Å². The van der Waals surface area contributed by atoms with Crippen LogP contribution in [0.3, 0.4) is 0 Å². The number of nitro groups is 1. The molecule has 0 aliphatic rings. The van der Waals surface area contributed by atoms with Crippen LogP contribution in [-0.2, 0) is 26.2 Å². The predicted molar refractivity (Wildman–Crippen MR) is 121 cm³/mol. The molecule has 0 saturated carbocycles. The highest BCUT2D eigenvalue weighted by molar-refractivity contribution is 7.98. The Hall–Kier alpha value is -3.48. The van der Waals surface area contributed by atoms with E-state index < -0.39 is 27.5 Å². The Balaban J connectivity index is 1.61. The van der Waals surface area contributed by atoms with E-state index in [-0.39, 0.29) is 17.2 Å². The van der Waals surface area contributed by atoms with Crippen molar-refractivity contribution in [3.05, 3.63) is 82.7 Å². The van der Waals surface area contributed by atoms with Crippen LogP contribution in [0, 0.1) is 10.1 Å². The number of aromatic nitrogens is 1. The van der Waals surface area contributed by atoms with Crippen LogP contribution in [-0.4, -0.2) is 37.1 Å². The highest BCUT2D eigenvalue weighted by atomic mass is 32.2. The van der Waals surface area contributed by atoms with Crippen LogP contribution in [0.4, 0.5) is 5.69 Å². The van der Waals surface area contributed by atoms with Gasteiger partial charge in [-0.15, -0.1) is 11.8 Å². The third-order valence-corrected chi connectivity index (χ3v) is 6.47. The minimum absolute atomic E-state index is 0.148. The molecule has 33 heavy (non-hydrogen) atoms. The van der Waals surface area contributed by atoms with Gasteiger partial charge in [-0.1, -0.05) is 18.2 Å². The second-order valence-corrected chi connectivity index (χ2v) is 9.09. The van der Waals surface area contributed by atoms with Gasteiger partial charge in [0, 0.05) is 17.8 Å². The Labute approximate surface area is 194 Å². The van der Waals surface area contributed by atoms with Crippen molar-refractivity contribution in [1.82, 2.24) is 9.71 Å². The SMILES string of the molecule is CSc1ccc(S(=O)(=O)NCC(=O)OCc2ccccc2Oc2cccnc2)cc1[N+](=O)[O-]. The summed E-state index contributed by atoms with van der Waals surface area (Å²) in [5.74, 6) is 0.135. The summed E-state index contributed by atoms with van der Waals surface area (Å²) in [5.41, 5.74) is 0.235. The summed E-state index contributed by atoms with van der Waals surface area (Å²) in [4.78, 5) is 26.6. The lowest BCUT2D eigenvalue weighted by atomic mass is 10.2. The Kier molecular flexibility index (Phi) is 7.98. The fourth-order valence-corrected chi connectivity index (χ4v) is 4.22. The molecule has 1 N–H and O–H groups in total. The predicted octanol–water partition coefficient (Wildman–Crippen LogP) is 3.53. The van der Waals surface area contributed by atoms with Crippen LogP contribution in [0.25, 0.3) is 0 Å². The average molecular weight is 490 g/mol. The molecule has 3 aromatic rings. The van der Waals surface area contributed by atoms with Gasteiger partial charge in [-0.2, -0.15) is 4.72 Å². The number of pyridine rings is 1. The molecule has 0 aliphatic heterocycles. The molecular formula is C21H19N3O7S2. The zero-order chi connectivity index (χ0) is 23.8. The number of carbonyl (C=O) groups is 1. The van der Waals surface area contributed by atoms with Gasteiger partial charge in [-0.25, -0.2) is 8.42 Å². The Morgan fingerprint density at radius 3 is 2.67 bits per heavy atom. The number of para-hydroxylation sites is 1. The molecule has 1 aromatic heterocycles. The van der Waals surface area contributed by atoms with Crippen LogP contribution >= 0.6 is 11.8 Å². The van der Waals surface area contributed by atoms with Crippen LogP contribution in [0.15, 0.2) is 76.8 Å². The monoisotopic (exact) mass is 489 g/mol. The zero-order valence-corrected chi connectivity index (χ0v) is 19.0. The third-order valence-electron chi connectivity index (χ3n) is 4.29. The van der Waals surface area contributed by atoms with Gasteiger partial charge in [0.05, 0.1) is 20.9 Å². The molecule has 0 saturated heterocycles. The minimum atomic E-state index is -4.16. The lowest BCUT2D eigenvalue weighted by molar-refractivity contribution is -0.387. The molecule has 0 fully saturated rings. The molecule has 172 valence electrons. The van der Waals surface area contributed by atoms with Crippen molar-refractivity contribution in [3.63, 3.8) is 0 Å². The first-order chi connectivity index (χ1) is 15.8. The van der Waals surface area contributed by atoms with E-state index in [9.17, 15) is 23.3 Å². The number of hydrogen-bond acceptors (Lipinski definition) is 9. The first-order valence-corrected chi connectivity index (χ1v) is 12.1. The number of sulfonamides is 1. The quantitative estimate of drug-likeness (QED) is 0.196. The number of nitro benzene ring substituents is 1. The number of esters is 1. The molecule has 0 unspecified atom stereocenters. The van der Waals surface area contributed by atoms with E-state index in [4.69, 9.17) is 9.47 Å². The van der Waals surface area contributed by atoms with E-state index in [1.54, 1.807) is 48.9 Å². The van der Waals surface area contributed by atoms with Crippen LogP contribution in [0.2, 0.25) is 0 Å². The molecule has 0 radical (unpaired) electrons. The number of rotatable bonds is 10. The van der Waals surface area contributed by atoms with Crippen molar-refractivity contribution >= 4 is 33.4 Å². The van der Waals surface area contributed by atoms with Crippen LogP contribution in [0.5, 0.6) is 11.5 Å². The maximum absolute atomic E-state index is 12.5. The molecule has 12 heteroatoms. The summed E-state index contributed by atoms with van der Waals surface area (Å²) in [6.07, 6.45) is 4.79. The second-order valence-electron chi connectivity index (χ2n) is 6.47. The van der Waals surface area contributed by atoms with Crippen LogP contribution in [0.1, 0.15) is 5.56 Å². The molecule has 0 amide bonds. The molecule has 10 nitrogen and oxygen atoms in total. The summed E-state index contributed by atoms with van der Waals surface area (Å²) in [6, 6.07) is 13.9. The van der Waals surface area contributed by atoms with E-state index in [0.29, 0.717) is 22.0 Å². The zero-order valence-electron chi connectivity index (χ0n) is 17.3. The molecule has 0 aliphatic carbocycles. The summed E-state index contributed by atoms with van der Waals surface area (Å²) < 4.78 is 37.9. The lowest BCUT2D eigenvalue weighted by Crippen LogP contribution is -2.30. The number of nitrogens with one attached hydrogen (secondary N) is 1. The van der Waals surface area contributed by atoms with Gasteiger partial charge in [-0.3, -0.25) is 19.9 Å². The smallest absolute Gasteiger partial charge is 0.321 e. The number of benzene rings is 2. The standard InChI is InChI=1S/C21H19N3O7S2/c1-32-20-9-8-17(11-18(20)24(26)27)33(28,29)23-13-21(25)30-14-15-5-2-3-7-19(15)31-16-6-4-10-22-12-16/h2-12,23H,13-14H2,1H3. The number of ether oxygens (including phenoxy) is 2. The van der Waals surface area contributed by atoms with Crippen LogP contribution < -0.4 is 9.46 Å². The van der Waals surface area contributed by atoms with Gasteiger partial charge >= 0.3 is 5.97 Å². The molecule has 0 spiro atoms.